The molecule has 2 amide bonds. The van der Waals surface area contributed by atoms with E-state index in [1.54, 1.807) is 0 Å². The van der Waals surface area contributed by atoms with Crippen molar-refractivity contribution >= 4 is 11.8 Å². The largest absolute Gasteiger partial charge is 0.353 e. The topological polar surface area (TPSA) is 49.9 Å². The van der Waals surface area contributed by atoms with Crippen molar-refractivity contribution in [1.29, 1.82) is 0 Å². The molecule has 2 aliphatic heterocycles. The van der Waals surface area contributed by atoms with Gasteiger partial charge in [0.25, 0.3) is 0 Å². The van der Waals surface area contributed by atoms with Gasteiger partial charge in [0.1, 0.15) is 11.8 Å². The summed E-state index contributed by atoms with van der Waals surface area (Å²) in [6, 6.07) is -0.407. The quantitative estimate of drug-likeness (QED) is 0.785. The second kappa shape index (κ2) is 6.19. The molecule has 1 saturated carbocycles. The van der Waals surface area contributed by atoms with Crippen LogP contribution in [0.25, 0.3) is 0 Å². The van der Waals surface area contributed by atoms with E-state index < -0.39 is 11.8 Å². The van der Waals surface area contributed by atoms with Gasteiger partial charge in [-0.25, -0.2) is 0 Å². The molecular formula is C17H28N2O3. The average Bonchev–Trinajstić information content (AvgIpc) is 3.14. The molecule has 3 aliphatic rings. The van der Waals surface area contributed by atoms with Gasteiger partial charge >= 0.3 is 0 Å². The maximum absolute atomic E-state index is 12.8. The summed E-state index contributed by atoms with van der Waals surface area (Å²) < 4.78 is 6.14. The van der Waals surface area contributed by atoms with Crippen molar-refractivity contribution in [3.05, 3.63) is 0 Å². The van der Waals surface area contributed by atoms with Crippen LogP contribution in [0.1, 0.15) is 58.8 Å². The predicted octanol–water partition coefficient (Wildman–Crippen LogP) is 2.15. The van der Waals surface area contributed by atoms with Crippen molar-refractivity contribution in [3.63, 3.8) is 0 Å². The molecule has 5 nitrogen and oxygen atoms in total. The Labute approximate surface area is 133 Å². The van der Waals surface area contributed by atoms with E-state index in [9.17, 15) is 9.59 Å². The van der Waals surface area contributed by atoms with Crippen LogP contribution in [0.2, 0.25) is 0 Å². The van der Waals surface area contributed by atoms with Crippen molar-refractivity contribution in [2.45, 2.75) is 70.6 Å². The zero-order chi connectivity index (χ0) is 15.7. The van der Waals surface area contributed by atoms with Crippen LogP contribution in [0.4, 0.5) is 0 Å². The maximum atomic E-state index is 12.8. The molecule has 3 fully saturated rings. The van der Waals surface area contributed by atoms with Crippen molar-refractivity contribution in [2.75, 3.05) is 19.7 Å². The molecule has 2 heterocycles. The number of nitrogens with zero attached hydrogens (tertiary/aromatic N) is 2. The number of hydrogen-bond donors (Lipinski definition) is 0. The number of amides is 2. The number of carbonyl (C=O) groups is 2. The predicted molar refractivity (Wildman–Crippen MR) is 83.1 cm³/mol. The molecule has 1 spiro atoms. The Bertz CT molecular complexity index is 447. The van der Waals surface area contributed by atoms with Crippen LogP contribution < -0.4 is 0 Å². The molecule has 0 radical (unpaired) electrons. The smallest absolute Gasteiger partial charge is 0.247 e. The molecule has 0 aromatic rings. The number of likely N-dealkylation sites (tertiary alicyclic amines) is 1. The minimum atomic E-state index is -0.523. The lowest BCUT2D eigenvalue weighted by atomic mass is 9.83. The van der Waals surface area contributed by atoms with Crippen LogP contribution in [0.3, 0.4) is 0 Å². The summed E-state index contributed by atoms with van der Waals surface area (Å²) in [7, 11) is 0. The number of rotatable bonds is 2. The molecule has 1 aliphatic carbocycles. The Kier molecular flexibility index (Phi) is 4.44. The molecule has 0 aromatic heterocycles. The van der Waals surface area contributed by atoms with Gasteiger partial charge in [0.05, 0.1) is 6.61 Å². The van der Waals surface area contributed by atoms with E-state index in [2.05, 4.69) is 6.92 Å². The van der Waals surface area contributed by atoms with Crippen LogP contribution in [0.5, 0.6) is 0 Å². The van der Waals surface area contributed by atoms with Crippen LogP contribution in [0, 0.1) is 5.92 Å². The molecule has 22 heavy (non-hydrogen) atoms. The van der Waals surface area contributed by atoms with Crippen LogP contribution >= 0.6 is 0 Å². The molecule has 3 atom stereocenters. The van der Waals surface area contributed by atoms with E-state index in [1.165, 1.54) is 6.42 Å². The van der Waals surface area contributed by atoms with Gasteiger partial charge in [-0.3, -0.25) is 14.5 Å². The summed E-state index contributed by atoms with van der Waals surface area (Å²) in [4.78, 5) is 29.2. The van der Waals surface area contributed by atoms with Crippen molar-refractivity contribution in [3.8, 4) is 0 Å². The molecule has 0 aromatic carbocycles. The Morgan fingerprint density at radius 3 is 2.59 bits per heavy atom. The summed E-state index contributed by atoms with van der Waals surface area (Å²) in [6.07, 6.45) is 6.56. The third-order valence-electron chi connectivity index (χ3n) is 5.47. The minimum absolute atomic E-state index is 0.0594. The Hall–Kier alpha value is -1.10. The molecule has 0 bridgehead atoms. The Morgan fingerprint density at radius 1 is 1.23 bits per heavy atom. The number of ether oxygens (including phenoxy) is 1. The van der Waals surface area contributed by atoms with Crippen molar-refractivity contribution < 1.29 is 14.3 Å². The van der Waals surface area contributed by atoms with Crippen molar-refractivity contribution in [1.82, 2.24) is 9.80 Å². The lowest BCUT2D eigenvalue weighted by molar-refractivity contribution is -0.163. The highest BCUT2D eigenvalue weighted by Gasteiger charge is 2.54. The van der Waals surface area contributed by atoms with E-state index in [4.69, 9.17) is 4.74 Å². The lowest BCUT2D eigenvalue weighted by Gasteiger charge is -2.43. The molecule has 5 heteroatoms. The summed E-state index contributed by atoms with van der Waals surface area (Å²) in [5.41, 5.74) is -0.523. The van der Waals surface area contributed by atoms with Gasteiger partial charge in [-0.2, -0.15) is 0 Å². The monoisotopic (exact) mass is 308 g/mol. The van der Waals surface area contributed by atoms with Gasteiger partial charge in [-0.15, -0.1) is 0 Å². The fraction of sp³-hybridized carbons (Fsp3) is 0.882. The minimum Gasteiger partial charge on any atom is -0.353 e. The maximum Gasteiger partial charge on any atom is 0.247 e. The highest BCUT2D eigenvalue weighted by molar-refractivity contribution is 5.89. The van der Waals surface area contributed by atoms with E-state index >= 15 is 0 Å². The van der Waals surface area contributed by atoms with Crippen LogP contribution in [-0.4, -0.2) is 53.1 Å². The first kappa shape index (κ1) is 15.8. The third kappa shape index (κ3) is 2.64. The van der Waals surface area contributed by atoms with Gasteiger partial charge < -0.3 is 9.64 Å². The zero-order valence-electron chi connectivity index (χ0n) is 13.8. The fourth-order valence-corrected chi connectivity index (χ4v) is 4.39. The lowest BCUT2D eigenvalue weighted by Crippen LogP contribution is -2.57. The van der Waals surface area contributed by atoms with E-state index in [0.717, 1.165) is 45.2 Å². The zero-order valence-corrected chi connectivity index (χ0v) is 13.8. The van der Waals surface area contributed by atoms with Crippen molar-refractivity contribution in [2.24, 2.45) is 5.92 Å². The fourth-order valence-electron chi connectivity index (χ4n) is 4.39. The standard InChI is InChI=1S/C17H28N2O3/c1-3-15(20)19-14(16(21)18-9-4-5-10-18)12-22-17(19)8-6-7-13(2)11-17/h13-14H,3-12H2,1-2H3. The summed E-state index contributed by atoms with van der Waals surface area (Å²) in [6.45, 7) is 6.11. The second-order valence-corrected chi connectivity index (χ2v) is 7.12. The highest BCUT2D eigenvalue weighted by Crippen LogP contribution is 2.43. The van der Waals surface area contributed by atoms with Crippen LogP contribution in [-0.2, 0) is 14.3 Å². The third-order valence-corrected chi connectivity index (χ3v) is 5.47. The molecular weight excluding hydrogens is 280 g/mol. The molecule has 0 N–H and O–H groups in total. The van der Waals surface area contributed by atoms with E-state index in [0.29, 0.717) is 18.9 Å². The normalized spacial score (nSPS) is 35.4. The van der Waals surface area contributed by atoms with Gasteiger partial charge in [-0.05, 0) is 38.0 Å². The summed E-state index contributed by atoms with van der Waals surface area (Å²) in [5.74, 6) is 0.695. The summed E-state index contributed by atoms with van der Waals surface area (Å²) in [5, 5.41) is 0. The Balaban J connectivity index is 1.84. The van der Waals surface area contributed by atoms with Gasteiger partial charge in [0.15, 0.2) is 0 Å². The summed E-state index contributed by atoms with van der Waals surface area (Å²) >= 11 is 0. The van der Waals surface area contributed by atoms with Gasteiger partial charge in [-0.1, -0.05) is 20.3 Å². The molecule has 124 valence electrons. The number of hydrogen-bond acceptors (Lipinski definition) is 3. The first-order chi connectivity index (χ1) is 10.6. The average molecular weight is 308 g/mol. The van der Waals surface area contributed by atoms with E-state index in [-0.39, 0.29) is 11.8 Å². The van der Waals surface area contributed by atoms with Gasteiger partial charge in [0.2, 0.25) is 11.8 Å². The van der Waals surface area contributed by atoms with Gasteiger partial charge in [0, 0.05) is 19.5 Å². The number of carbonyl (C=O) groups excluding carboxylic acids is 2. The molecule has 2 saturated heterocycles. The van der Waals surface area contributed by atoms with Crippen LogP contribution in [0.15, 0.2) is 0 Å². The first-order valence-corrected chi connectivity index (χ1v) is 8.82. The SMILES string of the molecule is CCC(=O)N1C(C(=O)N2CCCC2)COC12CCCC(C)C2. The molecule has 3 rings (SSSR count). The second-order valence-electron chi connectivity index (χ2n) is 7.12. The highest BCUT2D eigenvalue weighted by atomic mass is 16.5. The van der Waals surface area contributed by atoms with E-state index in [1.807, 2.05) is 16.7 Å². The molecule has 3 unspecified atom stereocenters. The first-order valence-electron chi connectivity index (χ1n) is 8.82. The Morgan fingerprint density at radius 2 is 1.95 bits per heavy atom.